The molecule has 0 unspecified atom stereocenters. The molecule has 3 rings (SSSR count). The lowest BCUT2D eigenvalue weighted by Gasteiger charge is -2.11. The van der Waals surface area contributed by atoms with Crippen molar-refractivity contribution in [1.29, 1.82) is 0 Å². The first-order valence-corrected chi connectivity index (χ1v) is 9.93. The number of ether oxygens (including phenoxy) is 1. The summed E-state index contributed by atoms with van der Waals surface area (Å²) in [6.07, 6.45) is 2.33. The number of hydrogen-bond acceptors (Lipinski definition) is 6. The van der Waals surface area contributed by atoms with Crippen molar-refractivity contribution in [3.63, 3.8) is 0 Å². The Balaban J connectivity index is 1.79. The molecule has 3 aromatic rings. The van der Waals surface area contributed by atoms with E-state index in [-0.39, 0.29) is 28.2 Å². The molecule has 160 valence electrons. The van der Waals surface area contributed by atoms with Gasteiger partial charge in [0.05, 0.1) is 0 Å². The standard InChI is InChI=1S/C22H27N3O5/c1-12(2)7-8-25-13(3)9-16(14(25)4)17(26)10-29-22(28)18-15(5)30-20-19(18)21(27)24(6)11-23-20/h9,11-12H,7-8,10H2,1-6H3. The van der Waals surface area contributed by atoms with Crippen LogP contribution in [-0.2, 0) is 18.3 Å². The van der Waals surface area contributed by atoms with E-state index in [0.717, 1.165) is 24.4 Å². The Kier molecular flexibility index (Phi) is 5.96. The molecule has 30 heavy (non-hydrogen) atoms. The molecule has 0 aromatic carbocycles. The molecule has 0 saturated carbocycles. The Morgan fingerprint density at radius 1 is 1.23 bits per heavy atom. The van der Waals surface area contributed by atoms with Crippen molar-refractivity contribution in [3.8, 4) is 0 Å². The third-order valence-corrected chi connectivity index (χ3v) is 5.29. The molecule has 0 N–H and O–H groups in total. The van der Waals surface area contributed by atoms with E-state index < -0.39 is 18.1 Å². The molecular weight excluding hydrogens is 386 g/mol. The number of ketones is 1. The SMILES string of the molecule is Cc1oc2ncn(C)c(=O)c2c1C(=O)OCC(=O)c1cc(C)n(CCC(C)C)c1C. The first kappa shape index (κ1) is 21.5. The Labute approximate surface area is 174 Å². The summed E-state index contributed by atoms with van der Waals surface area (Å²) in [6, 6.07) is 1.82. The van der Waals surface area contributed by atoms with Gasteiger partial charge < -0.3 is 18.3 Å². The van der Waals surface area contributed by atoms with Crippen molar-refractivity contribution in [2.45, 2.75) is 47.6 Å². The minimum absolute atomic E-state index is 0.00825. The van der Waals surface area contributed by atoms with E-state index in [1.54, 1.807) is 6.92 Å². The summed E-state index contributed by atoms with van der Waals surface area (Å²) in [5.41, 5.74) is 2.06. The summed E-state index contributed by atoms with van der Waals surface area (Å²) in [4.78, 5) is 41.8. The zero-order chi connectivity index (χ0) is 22.2. The maximum Gasteiger partial charge on any atom is 0.343 e. The summed E-state index contributed by atoms with van der Waals surface area (Å²) in [6.45, 7) is 10.1. The molecule has 8 nitrogen and oxygen atoms in total. The summed E-state index contributed by atoms with van der Waals surface area (Å²) >= 11 is 0. The first-order valence-electron chi connectivity index (χ1n) is 9.93. The molecule has 0 saturated heterocycles. The van der Waals surface area contributed by atoms with Crippen LogP contribution in [0.2, 0.25) is 0 Å². The van der Waals surface area contributed by atoms with Crippen LogP contribution in [0.3, 0.4) is 0 Å². The van der Waals surface area contributed by atoms with E-state index in [2.05, 4.69) is 23.4 Å². The van der Waals surface area contributed by atoms with Crippen molar-refractivity contribution < 1.29 is 18.7 Å². The second kappa shape index (κ2) is 8.30. The number of Topliss-reactive ketones (excluding diaryl/α,β-unsaturated/α-hetero) is 1. The van der Waals surface area contributed by atoms with Gasteiger partial charge in [0.2, 0.25) is 11.5 Å². The Morgan fingerprint density at radius 2 is 1.93 bits per heavy atom. The van der Waals surface area contributed by atoms with Gasteiger partial charge in [-0.2, -0.15) is 0 Å². The van der Waals surface area contributed by atoms with Crippen LogP contribution in [0, 0.1) is 26.7 Å². The van der Waals surface area contributed by atoms with Gasteiger partial charge in [0, 0.05) is 30.5 Å². The smallest absolute Gasteiger partial charge is 0.343 e. The van der Waals surface area contributed by atoms with Gasteiger partial charge in [-0.05, 0) is 39.2 Å². The van der Waals surface area contributed by atoms with Crippen molar-refractivity contribution in [1.82, 2.24) is 14.1 Å². The topological polar surface area (TPSA) is 96.3 Å². The van der Waals surface area contributed by atoms with Gasteiger partial charge in [0.15, 0.2) is 6.61 Å². The molecule has 0 aliphatic rings. The van der Waals surface area contributed by atoms with Crippen LogP contribution in [0.25, 0.3) is 11.1 Å². The minimum atomic E-state index is -0.779. The molecule has 0 fully saturated rings. The van der Waals surface area contributed by atoms with Gasteiger partial charge in [-0.1, -0.05) is 13.8 Å². The zero-order valence-corrected chi connectivity index (χ0v) is 18.2. The number of fused-ring (bicyclic) bond motifs is 1. The highest BCUT2D eigenvalue weighted by atomic mass is 16.5. The predicted molar refractivity (Wildman–Crippen MR) is 112 cm³/mol. The number of carbonyl (C=O) groups excluding carboxylic acids is 2. The van der Waals surface area contributed by atoms with Crippen molar-refractivity contribution in [2.75, 3.05) is 6.61 Å². The Hall–Kier alpha value is -3.16. The predicted octanol–water partition coefficient (Wildman–Crippen LogP) is 3.34. The molecule has 3 heterocycles. The summed E-state index contributed by atoms with van der Waals surface area (Å²) in [5, 5.41) is 0.0572. The van der Waals surface area contributed by atoms with Gasteiger partial charge in [-0.15, -0.1) is 0 Å². The van der Waals surface area contributed by atoms with Crippen molar-refractivity contribution in [3.05, 3.63) is 51.0 Å². The quantitative estimate of drug-likeness (QED) is 0.435. The highest BCUT2D eigenvalue weighted by Crippen LogP contribution is 2.22. The van der Waals surface area contributed by atoms with Gasteiger partial charge in [0.25, 0.3) is 5.56 Å². The maximum atomic E-state index is 12.7. The van der Waals surface area contributed by atoms with Crippen LogP contribution in [0.1, 0.15) is 58.1 Å². The van der Waals surface area contributed by atoms with Gasteiger partial charge >= 0.3 is 5.97 Å². The zero-order valence-electron chi connectivity index (χ0n) is 18.2. The van der Waals surface area contributed by atoms with E-state index in [4.69, 9.17) is 9.15 Å². The molecule has 8 heteroatoms. The summed E-state index contributed by atoms with van der Waals surface area (Å²) in [5.74, 6) is -0.284. The Morgan fingerprint density at radius 3 is 2.60 bits per heavy atom. The van der Waals surface area contributed by atoms with E-state index in [9.17, 15) is 14.4 Å². The van der Waals surface area contributed by atoms with E-state index >= 15 is 0 Å². The van der Waals surface area contributed by atoms with Crippen LogP contribution in [0.15, 0.2) is 21.6 Å². The van der Waals surface area contributed by atoms with E-state index in [0.29, 0.717) is 11.5 Å². The largest absolute Gasteiger partial charge is 0.454 e. The second-order valence-electron chi connectivity index (χ2n) is 7.99. The number of esters is 1. The maximum absolute atomic E-state index is 12.7. The molecule has 0 bridgehead atoms. The number of hydrogen-bond donors (Lipinski definition) is 0. The average Bonchev–Trinajstić information content (AvgIpc) is 3.17. The molecule has 0 radical (unpaired) electrons. The Bertz CT molecular complexity index is 1180. The fourth-order valence-corrected chi connectivity index (χ4v) is 3.53. The number of aromatic nitrogens is 3. The number of furan rings is 1. The van der Waals surface area contributed by atoms with Crippen molar-refractivity contribution in [2.24, 2.45) is 13.0 Å². The molecule has 0 aliphatic heterocycles. The van der Waals surface area contributed by atoms with Crippen LogP contribution in [0.5, 0.6) is 0 Å². The van der Waals surface area contributed by atoms with Crippen LogP contribution in [0.4, 0.5) is 0 Å². The van der Waals surface area contributed by atoms with Gasteiger partial charge in [-0.25, -0.2) is 9.78 Å². The number of aryl methyl sites for hydroxylation is 3. The van der Waals surface area contributed by atoms with Crippen LogP contribution >= 0.6 is 0 Å². The third kappa shape index (κ3) is 3.94. The lowest BCUT2D eigenvalue weighted by atomic mass is 10.1. The van der Waals surface area contributed by atoms with Gasteiger partial charge in [-0.3, -0.25) is 9.59 Å². The fraction of sp³-hybridized carbons (Fsp3) is 0.455. The molecule has 0 aliphatic carbocycles. The lowest BCUT2D eigenvalue weighted by Crippen LogP contribution is -2.20. The number of rotatable bonds is 7. The molecule has 0 amide bonds. The normalized spacial score (nSPS) is 11.4. The fourth-order valence-electron chi connectivity index (χ4n) is 3.53. The summed E-state index contributed by atoms with van der Waals surface area (Å²) in [7, 11) is 1.53. The minimum Gasteiger partial charge on any atom is -0.454 e. The lowest BCUT2D eigenvalue weighted by molar-refractivity contribution is 0.0474. The van der Waals surface area contributed by atoms with E-state index in [1.807, 2.05) is 19.9 Å². The number of nitrogens with zero attached hydrogens (tertiary/aromatic N) is 3. The highest BCUT2D eigenvalue weighted by Gasteiger charge is 2.25. The highest BCUT2D eigenvalue weighted by molar-refractivity contribution is 6.05. The molecule has 0 atom stereocenters. The van der Waals surface area contributed by atoms with Gasteiger partial charge in [0.1, 0.15) is 23.0 Å². The second-order valence-corrected chi connectivity index (χ2v) is 7.99. The monoisotopic (exact) mass is 413 g/mol. The van der Waals surface area contributed by atoms with Crippen LogP contribution in [-0.4, -0.2) is 32.5 Å². The van der Waals surface area contributed by atoms with Crippen LogP contribution < -0.4 is 5.56 Å². The number of carbonyl (C=O) groups is 2. The molecular formula is C22H27N3O5. The summed E-state index contributed by atoms with van der Waals surface area (Å²) < 4.78 is 14.0. The molecule has 0 spiro atoms. The third-order valence-electron chi connectivity index (χ3n) is 5.29. The average molecular weight is 413 g/mol. The van der Waals surface area contributed by atoms with Crippen molar-refractivity contribution >= 4 is 22.9 Å². The van der Waals surface area contributed by atoms with E-state index in [1.165, 1.54) is 17.9 Å². The first-order chi connectivity index (χ1) is 14.1. The molecule has 3 aromatic heterocycles.